The van der Waals surface area contributed by atoms with Crippen LogP contribution in [0.1, 0.15) is 42.5 Å². The van der Waals surface area contributed by atoms with Crippen LogP contribution in [0.3, 0.4) is 0 Å². The fourth-order valence-corrected chi connectivity index (χ4v) is 2.78. The molecule has 0 heterocycles. The van der Waals surface area contributed by atoms with E-state index in [4.69, 9.17) is 0 Å². The molecule has 1 heteroatoms. The fourth-order valence-electron chi connectivity index (χ4n) is 2.78. The Balaban J connectivity index is 1.94. The monoisotopic (exact) mass is 301 g/mol. The SMILES string of the molecule is CC(C)c1ccc(C(Nc2ccccc2)c2ccccc2)cc1. The average molecular weight is 301 g/mol. The molecule has 0 saturated heterocycles. The zero-order valence-electron chi connectivity index (χ0n) is 13.7. The van der Waals surface area contributed by atoms with Crippen molar-refractivity contribution in [3.63, 3.8) is 0 Å². The third-order valence-corrected chi connectivity index (χ3v) is 4.15. The molecule has 0 spiro atoms. The van der Waals surface area contributed by atoms with Gasteiger partial charge in [-0.1, -0.05) is 86.6 Å². The average Bonchev–Trinajstić information content (AvgIpc) is 2.61. The van der Waals surface area contributed by atoms with Gasteiger partial charge in [0.15, 0.2) is 0 Å². The Hall–Kier alpha value is -2.54. The van der Waals surface area contributed by atoms with E-state index < -0.39 is 0 Å². The first-order chi connectivity index (χ1) is 11.2. The van der Waals surface area contributed by atoms with E-state index in [0.717, 1.165) is 5.69 Å². The van der Waals surface area contributed by atoms with E-state index in [1.165, 1.54) is 16.7 Å². The minimum absolute atomic E-state index is 0.153. The smallest absolute Gasteiger partial charge is 0.0767 e. The van der Waals surface area contributed by atoms with Crippen molar-refractivity contribution in [1.29, 1.82) is 0 Å². The summed E-state index contributed by atoms with van der Waals surface area (Å²) >= 11 is 0. The van der Waals surface area contributed by atoms with E-state index >= 15 is 0 Å². The van der Waals surface area contributed by atoms with Gasteiger partial charge in [-0.3, -0.25) is 0 Å². The second-order valence-corrected chi connectivity index (χ2v) is 6.18. The van der Waals surface area contributed by atoms with Gasteiger partial charge in [-0.25, -0.2) is 0 Å². The Labute approximate surface area is 139 Å². The van der Waals surface area contributed by atoms with E-state index in [0.29, 0.717) is 5.92 Å². The van der Waals surface area contributed by atoms with Crippen molar-refractivity contribution in [2.24, 2.45) is 0 Å². The fraction of sp³-hybridized carbons (Fsp3) is 0.182. The molecule has 0 radical (unpaired) electrons. The molecule has 1 atom stereocenters. The van der Waals surface area contributed by atoms with Crippen LogP contribution in [0.5, 0.6) is 0 Å². The molecule has 0 aromatic heterocycles. The van der Waals surface area contributed by atoms with Crippen LogP contribution < -0.4 is 5.32 Å². The summed E-state index contributed by atoms with van der Waals surface area (Å²) in [5.74, 6) is 0.557. The molecular weight excluding hydrogens is 278 g/mol. The lowest BCUT2D eigenvalue weighted by molar-refractivity contribution is 0.860. The van der Waals surface area contributed by atoms with Gasteiger partial charge in [0.2, 0.25) is 0 Å². The largest absolute Gasteiger partial charge is 0.374 e. The number of benzene rings is 3. The Kier molecular flexibility index (Phi) is 4.77. The van der Waals surface area contributed by atoms with Crippen molar-refractivity contribution in [2.45, 2.75) is 25.8 Å². The normalized spacial score (nSPS) is 12.1. The zero-order valence-corrected chi connectivity index (χ0v) is 13.7. The third kappa shape index (κ3) is 3.81. The summed E-state index contributed by atoms with van der Waals surface area (Å²) in [5.41, 5.74) is 5.06. The predicted molar refractivity (Wildman–Crippen MR) is 98.9 cm³/mol. The van der Waals surface area contributed by atoms with E-state index in [9.17, 15) is 0 Å². The molecule has 1 N–H and O–H groups in total. The van der Waals surface area contributed by atoms with Crippen LogP contribution in [-0.2, 0) is 0 Å². The number of rotatable bonds is 5. The van der Waals surface area contributed by atoms with E-state index in [1.807, 2.05) is 6.07 Å². The molecule has 1 nitrogen and oxygen atoms in total. The lowest BCUT2D eigenvalue weighted by Gasteiger charge is -2.21. The van der Waals surface area contributed by atoms with Gasteiger partial charge in [-0.05, 0) is 34.7 Å². The molecule has 0 aliphatic carbocycles. The Morgan fingerprint density at radius 1 is 0.565 bits per heavy atom. The number of para-hydroxylation sites is 1. The summed E-state index contributed by atoms with van der Waals surface area (Å²) in [6.07, 6.45) is 0. The number of nitrogens with one attached hydrogen (secondary N) is 1. The lowest BCUT2D eigenvalue weighted by atomic mass is 9.95. The van der Waals surface area contributed by atoms with Crippen LogP contribution >= 0.6 is 0 Å². The van der Waals surface area contributed by atoms with Gasteiger partial charge in [0.05, 0.1) is 6.04 Å². The maximum atomic E-state index is 3.66. The molecule has 0 bridgehead atoms. The minimum Gasteiger partial charge on any atom is -0.374 e. The van der Waals surface area contributed by atoms with Crippen molar-refractivity contribution in [3.8, 4) is 0 Å². The highest BCUT2D eigenvalue weighted by Crippen LogP contribution is 2.27. The molecule has 0 amide bonds. The minimum atomic E-state index is 0.153. The highest BCUT2D eigenvalue weighted by molar-refractivity contribution is 5.49. The third-order valence-electron chi connectivity index (χ3n) is 4.15. The van der Waals surface area contributed by atoms with E-state index in [-0.39, 0.29) is 6.04 Å². The summed E-state index contributed by atoms with van der Waals surface area (Å²) in [6.45, 7) is 4.46. The first kappa shape index (κ1) is 15.4. The van der Waals surface area contributed by atoms with Crippen LogP contribution in [-0.4, -0.2) is 0 Å². The molecule has 0 aliphatic rings. The molecule has 1 unspecified atom stereocenters. The van der Waals surface area contributed by atoms with Crippen molar-refractivity contribution in [3.05, 3.63) is 102 Å². The zero-order chi connectivity index (χ0) is 16.1. The van der Waals surface area contributed by atoms with Crippen LogP contribution in [0.25, 0.3) is 0 Å². The second-order valence-electron chi connectivity index (χ2n) is 6.18. The standard InChI is InChI=1S/C22H23N/c1-17(2)18-13-15-20(16-14-18)22(19-9-5-3-6-10-19)23-21-11-7-4-8-12-21/h3-17,22-23H,1-2H3. The first-order valence-corrected chi connectivity index (χ1v) is 8.20. The van der Waals surface area contributed by atoms with Gasteiger partial charge in [-0.2, -0.15) is 0 Å². The van der Waals surface area contributed by atoms with Gasteiger partial charge in [-0.15, -0.1) is 0 Å². The molecule has 116 valence electrons. The summed E-state index contributed by atoms with van der Waals surface area (Å²) in [4.78, 5) is 0. The molecule has 3 aromatic rings. The molecule has 23 heavy (non-hydrogen) atoms. The molecule has 0 fully saturated rings. The van der Waals surface area contributed by atoms with E-state index in [1.54, 1.807) is 0 Å². The molecule has 3 rings (SSSR count). The van der Waals surface area contributed by atoms with Crippen molar-refractivity contribution in [2.75, 3.05) is 5.32 Å². The Bertz CT molecular complexity index is 715. The lowest BCUT2D eigenvalue weighted by Crippen LogP contribution is -2.12. The maximum Gasteiger partial charge on any atom is 0.0767 e. The van der Waals surface area contributed by atoms with Gasteiger partial charge in [0.1, 0.15) is 0 Å². The highest BCUT2D eigenvalue weighted by Gasteiger charge is 2.14. The maximum absolute atomic E-state index is 3.66. The highest BCUT2D eigenvalue weighted by atomic mass is 14.9. The van der Waals surface area contributed by atoms with Gasteiger partial charge >= 0.3 is 0 Å². The Morgan fingerprint density at radius 2 is 1.04 bits per heavy atom. The molecule has 0 saturated carbocycles. The number of hydrogen-bond donors (Lipinski definition) is 1. The van der Waals surface area contributed by atoms with Gasteiger partial charge in [0.25, 0.3) is 0 Å². The molecule has 3 aromatic carbocycles. The van der Waals surface area contributed by atoms with Crippen molar-refractivity contribution in [1.82, 2.24) is 0 Å². The van der Waals surface area contributed by atoms with Crippen molar-refractivity contribution < 1.29 is 0 Å². The van der Waals surface area contributed by atoms with Gasteiger partial charge in [0, 0.05) is 5.69 Å². The van der Waals surface area contributed by atoms with E-state index in [2.05, 4.69) is 98.0 Å². The number of anilines is 1. The van der Waals surface area contributed by atoms with Crippen LogP contribution in [0, 0.1) is 0 Å². The predicted octanol–water partition coefficient (Wildman–Crippen LogP) is 6.01. The number of hydrogen-bond acceptors (Lipinski definition) is 1. The summed E-state index contributed by atoms with van der Waals surface area (Å²) in [7, 11) is 0. The topological polar surface area (TPSA) is 12.0 Å². The Morgan fingerprint density at radius 3 is 1.61 bits per heavy atom. The second kappa shape index (κ2) is 7.15. The van der Waals surface area contributed by atoms with Crippen LogP contribution in [0.15, 0.2) is 84.9 Å². The summed E-state index contributed by atoms with van der Waals surface area (Å²) in [5, 5.41) is 3.66. The summed E-state index contributed by atoms with van der Waals surface area (Å²) < 4.78 is 0. The molecular formula is C22H23N. The first-order valence-electron chi connectivity index (χ1n) is 8.20. The van der Waals surface area contributed by atoms with Crippen LogP contribution in [0.2, 0.25) is 0 Å². The molecule has 0 aliphatic heterocycles. The van der Waals surface area contributed by atoms with Gasteiger partial charge < -0.3 is 5.32 Å². The van der Waals surface area contributed by atoms with Crippen LogP contribution in [0.4, 0.5) is 5.69 Å². The van der Waals surface area contributed by atoms with Crippen molar-refractivity contribution >= 4 is 5.69 Å². The summed E-state index contributed by atoms with van der Waals surface area (Å²) in [6, 6.07) is 30.1. The quantitative estimate of drug-likeness (QED) is 0.608.